The molecular formula is C19H19F3N4O4. The van der Waals surface area contributed by atoms with Crippen LogP contribution in [0.2, 0.25) is 0 Å². The number of para-hydroxylation sites is 1. The summed E-state index contributed by atoms with van der Waals surface area (Å²) in [4.78, 5) is 51.3. The number of rotatable bonds is 5. The van der Waals surface area contributed by atoms with Crippen LogP contribution in [0.3, 0.4) is 0 Å². The van der Waals surface area contributed by atoms with Gasteiger partial charge >= 0.3 is 12.1 Å². The van der Waals surface area contributed by atoms with Gasteiger partial charge in [-0.3, -0.25) is 19.2 Å². The first-order valence-corrected chi connectivity index (χ1v) is 9.20. The smallest absolute Gasteiger partial charge is 0.350 e. The highest BCUT2D eigenvalue weighted by Crippen LogP contribution is 2.19. The lowest BCUT2D eigenvalue weighted by Gasteiger charge is -2.24. The lowest BCUT2D eigenvalue weighted by atomic mass is 10.1. The molecule has 1 aliphatic rings. The van der Waals surface area contributed by atoms with E-state index in [0.717, 1.165) is 10.3 Å². The molecular weight excluding hydrogens is 405 g/mol. The van der Waals surface area contributed by atoms with Crippen LogP contribution in [-0.4, -0.2) is 52.9 Å². The van der Waals surface area contributed by atoms with Crippen molar-refractivity contribution >= 4 is 28.6 Å². The van der Waals surface area contributed by atoms with Crippen LogP contribution in [0.15, 0.2) is 35.1 Å². The Morgan fingerprint density at radius 3 is 2.63 bits per heavy atom. The zero-order valence-corrected chi connectivity index (χ0v) is 15.7. The number of carbonyl (C=O) groups is 3. The Kier molecular flexibility index (Phi) is 6.09. The van der Waals surface area contributed by atoms with Crippen molar-refractivity contribution in [1.82, 2.24) is 20.5 Å². The zero-order chi connectivity index (χ0) is 21.9. The molecule has 0 bridgehead atoms. The lowest BCUT2D eigenvalue weighted by molar-refractivity contribution is -0.174. The standard InChI is InChI=1S/C19H19F3N4O4/c20-19(21,22)18(30)24-10-16(28)26-7-3-6-14(26)17(29)23-9-11-8-15(27)25-13-5-2-1-4-12(11)13/h1-2,4-5,8,14H,3,6-7,9-10H2,(H,23,29)(H,24,30)(H,25,27). The minimum Gasteiger partial charge on any atom is -0.350 e. The average molecular weight is 424 g/mol. The van der Waals surface area contributed by atoms with Crippen LogP contribution in [-0.2, 0) is 20.9 Å². The third-order valence-corrected chi connectivity index (χ3v) is 4.82. The molecule has 3 N–H and O–H groups in total. The van der Waals surface area contributed by atoms with Crippen molar-refractivity contribution in [2.24, 2.45) is 0 Å². The molecule has 11 heteroatoms. The van der Waals surface area contributed by atoms with Crippen molar-refractivity contribution in [1.29, 1.82) is 0 Å². The van der Waals surface area contributed by atoms with Gasteiger partial charge in [0, 0.05) is 30.1 Å². The Morgan fingerprint density at radius 1 is 1.17 bits per heavy atom. The van der Waals surface area contributed by atoms with Gasteiger partial charge in [-0.25, -0.2) is 0 Å². The average Bonchev–Trinajstić information content (AvgIpc) is 3.19. The molecule has 0 spiro atoms. The van der Waals surface area contributed by atoms with Gasteiger partial charge in [0.15, 0.2) is 0 Å². The summed E-state index contributed by atoms with van der Waals surface area (Å²) in [6, 6.07) is 7.59. The molecule has 2 aromatic rings. The molecule has 3 rings (SSSR count). The topological polar surface area (TPSA) is 111 Å². The number of benzene rings is 1. The number of aromatic nitrogens is 1. The molecule has 1 atom stereocenters. The summed E-state index contributed by atoms with van der Waals surface area (Å²) in [5.74, 6) is -3.46. The molecule has 0 saturated carbocycles. The Bertz CT molecular complexity index is 1030. The number of aromatic amines is 1. The first kappa shape index (κ1) is 21.3. The number of pyridine rings is 1. The van der Waals surface area contributed by atoms with Crippen molar-refractivity contribution in [2.45, 2.75) is 31.6 Å². The van der Waals surface area contributed by atoms with E-state index >= 15 is 0 Å². The number of nitrogens with zero attached hydrogens (tertiary/aromatic N) is 1. The van der Waals surface area contributed by atoms with Gasteiger partial charge in [0.1, 0.15) is 6.04 Å². The summed E-state index contributed by atoms with van der Waals surface area (Å²) in [5.41, 5.74) is 0.888. The van der Waals surface area contributed by atoms with E-state index in [9.17, 15) is 32.3 Å². The van der Waals surface area contributed by atoms with Crippen molar-refractivity contribution in [3.8, 4) is 0 Å². The highest BCUT2D eigenvalue weighted by Gasteiger charge is 2.40. The second-order valence-electron chi connectivity index (χ2n) is 6.85. The van der Waals surface area contributed by atoms with Crippen LogP contribution in [0.25, 0.3) is 10.9 Å². The quantitative estimate of drug-likeness (QED) is 0.660. The van der Waals surface area contributed by atoms with Crippen molar-refractivity contribution in [2.75, 3.05) is 13.1 Å². The van der Waals surface area contributed by atoms with Crippen LogP contribution in [0.5, 0.6) is 0 Å². The number of nitrogens with one attached hydrogen (secondary N) is 3. The molecule has 1 fully saturated rings. The third-order valence-electron chi connectivity index (χ3n) is 4.82. The molecule has 2 heterocycles. The fraction of sp³-hybridized carbons (Fsp3) is 0.368. The summed E-state index contributed by atoms with van der Waals surface area (Å²) in [6.07, 6.45) is -4.23. The number of likely N-dealkylation sites (tertiary alicyclic amines) is 1. The van der Waals surface area contributed by atoms with Gasteiger partial charge in [-0.15, -0.1) is 0 Å². The van der Waals surface area contributed by atoms with Crippen molar-refractivity contribution < 1.29 is 27.6 Å². The zero-order valence-electron chi connectivity index (χ0n) is 15.7. The van der Waals surface area contributed by atoms with Crippen LogP contribution >= 0.6 is 0 Å². The number of carbonyl (C=O) groups excluding carboxylic acids is 3. The van der Waals surface area contributed by atoms with Gasteiger partial charge in [0.2, 0.25) is 17.4 Å². The first-order valence-electron chi connectivity index (χ1n) is 9.20. The summed E-state index contributed by atoms with van der Waals surface area (Å²) >= 11 is 0. The van der Waals surface area contributed by atoms with Gasteiger partial charge in [0.25, 0.3) is 0 Å². The largest absolute Gasteiger partial charge is 0.471 e. The molecule has 1 unspecified atom stereocenters. The second-order valence-corrected chi connectivity index (χ2v) is 6.85. The molecule has 30 heavy (non-hydrogen) atoms. The summed E-state index contributed by atoms with van der Waals surface area (Å²) < 4.78 is 36.8. The highest BCUT2D eigenvalue weighted by molar-refractivity contribution is 5.91. The molecule has 1 aromatic carbocycles. The predicted molar refractivity (Wildman–Crippen MR) is 100 cm³/mol. The fourth-order valence-corrected chi connectivity index (χ4v) is 3.42. The van der Waals surface area contributed by atoms with Gasteiger partial charge in [0.05, 0.1) is 6.54 Å². The van der Waals surface area contributed by atoms with E-state index in [1.165, 1.54) is 11.4 Å². The van der Waals surface area contributed by atoms with E-state index < -0.39 is 36.5 Å². The monoisotopic (exact) mass is 424 g/mol. The lowest BCUT2D eigenvalue weighted by Crippen LogP contribution is -2.50. The second kappa shape index (κ2) is 8.56. The highest BCUT2D eigenvalue weighted by atomic mass is 19.4. The van der Waals surface area contributed by atoms with E-state index in [0.29, 0.717) is 23.9 Å². The predicted octanol–water partition coefficient (Wildman–Crippen LogP) is 0.814. The van der Waals surface area contributed by atoms with Gasteiger partial charge < -0.3 is 20.5 Å². The van der Waals surface area contributed by atoms with Gasteiger partial charge in [-0.1, -0.05) is 18.2 Å². The Balaban J connectivity index is 1.63. The number of hydrogen-bond acceptors (Lipinski definition) is 4. The normalized spacial score (nSPS) is 16.5. The van der Waals surface area contributed by atoms with E-state index in [-0.39, 0.29) is 18.6 Å². The van der Waals surface area contributed by atoms with Crippen molar-refractivity contribution in [3.05, 3.63) is 46.2 Å². The SMILES string of the molecule is O=C(NCc1cc(=O)[nH]c2ccccc12)C1CCCN1C(=O)CNC(=O)C(F)(F)F. The van der Waals surface area contributed by atoms with E-state index in [1.54, 1.807) is 24.3 Å². The van der Waals surface area contributed by atoms with E-state index in [2.05, 4.69) is 10.3 Å². The first-order chi connectivity index (χ1) is 14.2. The molecule has 8 nitrogen and oxygen atoms in total. The molecule has 3 amide bonds. The maximum atomic E-state index is 12.6. The summed E-state index contributed by atoms with van der Waals surface area (Å²) in [5, 5.41) is 4.96. The van der Waals surface area contributed by atoms with Gasteiger partial charge in [-0.05, 0) is 24.5 Å². The van der Waals surface area contributed by atoms with Gasteiger partial charge in [-0.2, -0.15) is 13.2 Å². The number of alkyl halides is 3. The summed E-state index contributed by atoms with van der Waals surface area (Å²) in [7, 11) is 0. The number of amides is 3. The third kappa shape index (κ3) is 4.78. The number of H-pyrrole nitrogens is 1. The summed E-state index contributed by atoms with van der Waals surface area (Å²) in [6.45, 7) is -0.597. The maximum Gasteiger partial charge on any atom is 0.471 e. The fourth-order valence-electron chi connectivity index (χ4n) is 3.42. The molecule has 160 valence electrons. The molecule has 1 aliphatic heterocycles. The number of hydrogen-bond donors (Lipinski definition) is 3. The van der Waals surface area contributed by atoms with Crippen LogP contribution < -0.4 is 16.2 Å². The number of halogens is 3. The van der Waals surface area contributed by atoms with Crippen LogP contribution in [0.1, 0.15) is 18.4 Å². The molecule has 0 radical (unpaired) electrons. The molecule has 1 aromatic heterocycles. The minimum atomic E-state index is -5.08. The van der Waals surface area contributed by atoms with Crippen LogP contribution in [0, 0.1) is 0 Å². The van der Waals surface area contributed by atoms with Crippen LogP contribution in [0.4, 0.5) is 13.2 Å². The minimum absolute atomic E-state index is 0.0482. The maximum absolute atomic E-state index is 12.6. The van der Waals surface area contributed by atoms with E-state index in [4.69, 9.17) is 0 Å². The Hall–Kier alpha value is -3.37. The Morgan fingerprint density at radius 2 is 1.90 bits per heavy atom. The molecule has 0 aliphatic carbocycles. The Labute approximate surface area is 168 Å². The van der Waals surface area contributed by atoms with Crippen molar-refractivity contribution in [3.63, 3.8) is 0 Å². The van der Waals surface area contributed by atoms with E-state index in [1.807, 2.05) is 0 Å². The molecule has 1 saturated heterocycles. The number of fused-ring (bicyclic) bond motifs is 1.